The molecule has 1 aliphatic carbocycles. The molecule has 1 heterocycles. The van der Waals surface area contributed by atoms with Gasteiger partial charge in [0.2, 0.25) is 5.95 Å². The molecule has 1 amide bonds. The van der Waals surface area contributed by atoms with Crippen molar-refractivity contribution in [3.63, 3.8) is 0 Å². The van der Waals surface area contributed by atoms with Gasteiger partial charge in [0.15, 0.2) is 0 Å². The quantitative estimate of drug-likeness (QED) is 0.852. The van der Waals surface area contributed by atoms with Gasteiger partial charge < -0.3 is 11.1 Å². The molecule has 1 aliphatic rings. The van der Waals surface area contributed by atoms with E-state index in [9.17, 15) is 4.79 Å². The van der Waals surface area contributed by atoms with Crippen molar-refractivity contribution in [2.24, 2.45) is 5.41 Å². The Kier molecular flexibility index (Phi) is 3.50. The second-order valence-corrected chi connectivity index (χ2v) is 5.45. The van der Waals surface area contributed by atoms with Crippen LogP contribution >= 0.6 is 0 Å². The summed E-state index contributed by atoms with van der Waals surface area (Å²) in [5.74, 6) is -0.0208. The highest BCUT2D eigenvalue weighted by Gasteiger charge is 2.29. The number of carbonyl (C=O) groups excluding carboxylic acids is 1. The number of aromatic nitrogens is 2. The van der Waals surface area contributed by atoms with Gasteiger partial charge in [0.1, 0.15) is 5.69 Å². The van der Waals surface area contributed by atoms with Crippen molar-refractivity contribution < 1.29 is 4.79 Å². The third-order valence-corrected chi connectivity index (χ3v) is 3.59. The third-order valence-electron chi connectivity index (χ3n) is 3.59. The number of rotatable bonds is 3. The van der Waals surface area contributed by atoms with E-state index < -0.39 is 0 Å². The average Bonchev–Trinajstić information content (AvgIpc) is 2.72. The Morgan fingerprint density at radius 1 is 1.44 bits per heavy atom. The molecule has 0 aromatic carbocycles. The van der Waals surface area contributed by atoms with Gasteiger partial charge in [0.05, 0.1) is 0 Å². The molecule has 1 fully saturated rings. The van der Waals surface area contributed by atoms with E-state index in [1.807, 2.05) is 0 Å². The fraction of sp³-hybridized carbons (Fsp3) is 0.615. The van der Waals surface area contributed by atoms with Crippen LogP contribution in [0.15, 0.2) is 6.07 Å². The number of nitrogens with two attached hydrogens (primary N) is 1. The van der Waals surface area contributed by atoms with Gasteiger partial charge in [-0.25, -0.2) is 9.97 Å². The predicted octanol–water partition coefficient (Wildman–Crippen LogP) is 1.68. The molecule has 0 radical (unpaired) electrons. The van der Waals surface area contributed by atoms with Crippen LogP contribution in [0.3, 0.4) is 0 Å². The van der Waals surface area contributed by atoms with Crippen molar-refractivity contribution in [1.82, 2.24) is 15.3 Å². The standard InChI is InChI=1S/C13H20N4O/c1-9-7-10(17-12(14)16-9)11(18)15-8-13(2)5-3-4-6-13/h7H,3-6,8H2,1-2H3,(H,15,18)(H2,14,16,17). The summed E-state index contributed by atoms with van der Waals surface area (Å²) in [5, 5.41) is 2.95. The molecule has 98 valence electrons. The Labute approximate surface area is 107 Å². The molecule has 5 heteroatoms. The van der Waals surface area contributed by atoms with Crippen LogP contribution in [-0.2, 0) is 0 Å². The molecule has 0 atom stereocenters. The summed E-state index contributed by atoms with van der Waals surface area (Å²) < 4.78 is 0. The molecule has 1 saturated carbocycles. The molecule has 5 nitrogen and oxygen atoms in total. The van der Waals surface area contributed by atoms with Crippen molar-refractivity contribution in [3.8, 4) is 0 Å². The van der Waals surface area contributed by atoms with Crippen LogP contribution < -0.4 is 11.1 Å². The van der Waals surface area contributed by atoms with Gasteiger partial charge in [-0.1, -0.05) is 19.8 Å². The summed E-state index contributed by atoms with van der Waals surface area (Å²) in [4.78, 5) is 19.9. The van der Waals surface area contributed by atoms with Crippen molar-refractivity contribution in [2.75, 3.05) is 12.3 Å². The Hall–Kier alpha value is -1.65. The van der Waals surface area contributed by atoms with E-state index in [1.54, 1.807) is 13.0 Å². The lowest BCUT2D eigenvalue weighted by Crippen LogP contribution is -2.34. The second-order valence-electron chi connectivity index (χ2n) is 5.45. The monoisotopic (exact) mass is 248 g/mol. The second kappa shape index (κ2) is 4.92. The van der Waals surface area contributed by atoms with E-state index in [1.165, 1.54) is 25.7 Å². The maximum Gasteiger partial charge on any atom is 0.270 e. The van der Waals surface area contributed by atoms with Crippen molar-refractivity contribution in [3.05, 3.63) is 17.5 Å². The molecule has 18 heavy (non-hydrogen) atoms. The Balaban J connectivity index is 1.99. The molecule has 0 unspecified atom stereocenters. The third kappa shape index (κ3) is 2.97. The minimum absolute atomic E-state index is 0.146. The Bertz CT molecular complexity index is 432. The molecule has 2 rings (SSSR count). The van der Waals surface area contributed by atoms with Crippen LogP contribution in [0.25, 0.3) is 0 Å². The fourth-order valence-electron chi connectivity index (χ4n) is 2.50. The number of anilines is 1. The molecule has 1 aromatic rings. The molecular formula is C13H20N4O. The van der Waals surface area contributed by atoms with Gasteiger partial charge in [-0.3, -0.25) is 4.79 Å². The van der Waals surface area contributed by atoms with Crippen molar-refractivity contribution in [2.45, 2.75) is 39.5 Å². The highest BCUT2D eigenvalue weighted by atomic mass is 16.1. The first-order chi connectivity index (χ1) is 8.48. The van der Waals surface area contributed by atoms with E-state index in [4.69, 9.17) is 5.73 Å². The molecule has 1 aromatic heterocycles. The lowest BCUT2D eigenvalue weighted by atomic mass is 9.89. The lowest BCUT2D eigenvalue weighted by Gasteiger charge is -2.23. The van der Waals surface area contributed by atoms with Crippen LogP contribution in [0.4, 0.5) is 5.95 Å². The summed E-state index contributed by atoms with van der Waals surface area (Å²) in [6.45, 7) is 4.72. The van der Waals surface area contributed by atoms with Gasteiger partial charge >= 0.3 is 0 Å². The molecular weight excluding hydrogens is 228 g/mol. The average molecular weight is 248 g/mol. The summed E-state index contributed by atoms with van der Waals surface area (Å²) >= 11 is 0. The first kappa shape index (κ1) is 12.8. The van der Waals surface area contributed by atoms with Crippen molar-refractivity contribution in [1.29, 1.82) is 0 Å². The number of hydrogen-bond acceptors (Lipinski definition) is 4. The van der Waals surface area contributed by atoms with E-state index in [0.717, 1.165) is 0 Å². The molecule has 0 spiro atoms. The van der Waals surface area contributed by atoms with Crippen LogP contribution in [0.1, 0.15) is 48.8 Å². The van der Waals surface area contributed by atoms with Gasteiger partial charge in [-0.2, -0.15) is 0 Å². The Morgan fingerprint density at radius 3 is 2.72 bits per heavy atom. The lowest BCUT2D eigenvalue weighted by molar-refractivity contribution is 0.0929. The first-order valence-electron chi connectivity index (χ1n) is 6.38. The van der Waals surface area contributed by atoms with Gasteiger partial charge in [-0.05, 0) is 31.2 Å². The summed E-state index contributed by atoms with van der Waals surface area (Å²) in [7, 11) is 0. The Morgan fingerprint density at radius 2 is 2.11 bits per heavy atom. The van der Waals surface area contributed by atoms with Crippen LogP contribution in [0, 0.1) is 12.3 Å². The predicted molar refractivity (Wildman–Crippen MR) is 70.1 cm³/mol. The highest BCUT2D eigenvalue weighted by Crippen LogP contribution is 2.36. The van der Waals surface area contributed by atoms with Crippen LogP contribution in [0.5, 0.6) is 0 Å². The van der Waals surface area contributed by atoms with Crippen LogP contribution in [-0.4, -0.2) is 22.4 Å². The normalized spacial score (nSPS) is 17.7. The molecule has 3 N–H and O–H groups in total. The van der Waals surface area contributed by atoms with E-state index in [-0.39, 0.29) is 17.3 Å². The van der Waals surface area contributed by atoms with Crippen molar-refractivity contribution >= 4 is 11.9 Å². The first-order valence-corrected chi connectivity index (χ1v) is 6.38. The highest BCUT2D eigenvalue weighted by molar-refractivity contribution is 5.92. The van der Waals surface area contributed by atoms with E-state index in [0.29, 0.717) is 17.9 Å². The maximum absolute atomic E-state index is 12.0. The number of nitrogens with one attached hydrogen (secondary N) is 1. The van der Waals surface area contributed by atoms with Crippen LogP contribution in [0.2, 0.25) is 0 Å². The number of carbonyl (C=O) groups is 1. The molecule has 0 aliphatic heterocycles. The molecule has 0 saturated heterocycles. The zero-order valence-electron chi connectivity index (χ0n) is 11.0. The largest absolute Gasteiger partial charge is 0.368 e. The van der Waals surface area contributed by atoms with E-state index >= 15 is 0 Å². The SMILES string of the molecule is Cc1cc(C(=O)NCC2(C)CCCC2)nc(N)n1. The smallest absolute Gasteiger partial charge is 0.270 e. The maximum atomic E-state index is 12.0. The topological polar surface area (TPSA) is 80.9 Å². The zero-order chi connectivity index (χ0) is 13.2. The summed E-state index contributed by atoms with van der Waals surface area (Å²) in [5.41, 5.74) is 6.84. The summed E-state index contributed by atoms with van der Waals surface area (Å²) in [6.07, 6.45) is 4.87. The minimum atomic E-state index is -0.166. The molecule has 0 bridgehead atoms. The fourth-order valence-corrected chi connectivity index (χ4v) is 2.50. The number of nitrogen functional groups attached to an aromatic ring is 1. The summed E-state index contributed by atoms with van der Waals surface area (Å²) in [6, 6.07) is 1.66. The van der Waals surface area contributed by atoms with Gasteiger partial charge in [0, 0.05) is 12.2 Å². The van der Waals surface area contributed by atoms with E-state index in [2.05, 4.69) is 22.2 Å². The number of hydrogen-bond donors (Lipinski definition) is 2. The number of amides is 1. The number of aryl methyl sites for hydroxylation is 1. The van der Waals surface area contributed by atoms with Gasteiger partial charge in [-0.15, -0.1) is 0 Å². The minimum Gasteiger partial charge on any atom is -0.368 e. The van der Waals surface area contributed by atoms with Gasteiger partial charge in [0.25, 0.3) is 5.91 Å². The number of nitrogens with zero attached hydrogens (tertiary/aromatic N) is 2. The zero-order valence-corrected chi connectivity index (χ0v) is 11.0.